The Balaban J connectivity index is 0.963. The summed E-state index contributed by atoms with van der Waals surface area (Å²) in [5.41, 5.74) is 13.2. The van der Waals surface area contributed by atoms with Crippen LogP contribution < -0.4 is 9.80 Å². The lowest BCUT2D eigenvalue weighted by atomic mass is 10.0. The van der Waals surface area contributed by atoms with Gasteiger partial charge in [-0.2, -0.15) is 0 Å². The molecule has 0 aliphatic rings. The lowest BCUT2D eigenvalue weighted by molar-refractivity contribution is 0.673. The van der Waals surface area contributed by atoms with E-state index in [1.807, 2.05) is 0 Å². The summed E-state index contributed by atoms with van der Waals surface area (Å²) in [7, 11) is 0. The highest BCUT2D eigenvalue weighted by Gasteiger charge is 2.17. The quantitative estimate of drug-likeness (QED) is 0.157. The normalized spacial score (nSPS) is 11.3. The Kier molecular flexibility index (Phi) is 8.01. The highest BCUT2D eigenvalue weighted by molar-refractivity contribution is 7.26. The molecule has 0 fully saturated rings. The highest BCUT2D eigenvalue weighted by Crippen LogP contribution is 2.44. The molecule has 0 spiro atoms. The van der Waals surface area contributed by atoms with Crippen LogP contribution in [0, 0.1) is 0 Å². The van der Waals surface area contributed by atoms with Gasteiger partial charge in [0, 0.05) is 49.6 Å². The van der Waals surface area contributed by atoms with Gasteiger partial charge in [0.05, 0.1) is 4.70 Å². The molecular weight excluding hydrogens is 677 g/mol. The zero-order chi connectivity index (χ0) is 35.8. The summed E-state index contributed by atoms with van der Waals surface area (Å²) in [5.74, 6) is 0. The molecule has 0 radical (unpaired) electrons. The van der Waals surface area contributed by atoms with Crippen molar-refractivity contribution in [3.63, 3.8) is 0 Å². The fraction of sp³-hybridized carbons (Fsp3) is 0. The van der Waals surface area contributed by atoms with Crippen LogP contribution in [0.2, 0.25) is 0 Å². The molecule has 4 heteroatoms. The van der Waals surface area contributed by atoms with Crippen LogP contribution in [0.25, 0.3) is 53.6 Å². The summed E-state index contributed by atoms with van der Waals surface area (Å²) in [5, 5.41) is 2.30. The van der Waals surface area contributed by atoms with E-state index < -0.39 is 0 Å². The maximum Gasteiger partial charge on any atom is 0.154 e. The summed E-state index contributed by atoms with van der Waals surface area (Å²) in [4.78, 5) is 4.57. The van der Waals surface area contributed by atoms with Crippen molar-refractivity contribution in [2.24, 2.45) is 0 Å². The van der Waals surface area contributed by atoms with E-state index in [-0.39, 0.29) is 0 Å². The average molecular weight is 711 g/mol. The van der Waals surface area contributed by atoms with Crippen molar-refractivity contribution in [3.05, 3.63) is 206 Å². The van der Waals surface area contributed by atoms with Crippen LogP contribution in [0.1, 0.15) is 0 Å². The first-order chi connectivity index (χ1) is 26.8. The van der Waals surface area contributed by atoms with E-state index >= 15 is 0 Å². The molecule has 2 aromatic heterocycles. The molecule has 8 aromatic carbocycles. The second-order valence-corrected chi connectivity index (χ2v) is 14.4. The Bertz CT molecular complexity index is 2770. The Hall–Kier alpha value is -6.88. The van der Waals surface area contributed by atoms with E-state index in [0.717, 1.165) is 67.2 Å². The van der Waals surface area contributed by atoms with Gasteiger partial charge in [-0.1, -0.05) is 109 Å². The first-order valence-electron chi connectivity index (χ1n) is 18.2. The number of anilines is 6. The predicted molar refractivity (Wildman–Crippen MR) is 229 cm³/mol. The van der Waals surface area contributed by atoms with E-state index in [9.17, 15) is 0 Å². The topological polar surface area (TPSA) is 19.6 Å². The van der Waals surface area contributed by atoms with Crippen LogP contribution in [0.5, 0.6) is 0 Å². The first-order valence-corrected chi connectivity index (χ1v) is 19.0. The number of fused-ring (bicyclic) bond motifs is 5. The van der Waals surface area contributed by atoms with Gasteiger partial charge in [-0.3, -0.25) is 0 Å². The van der Waals surface area contributed by atoms with Crippen molar-refractivity contribution in [1.29, 1.82) is 0 Å². The van der Waals surface area contributed by atoms with Crippen molar-refractivity contribution in [2.75, 3.05) is 9.80 Å². The van der Waals surface area contributed by atoms with Gasteiger partial charge < -0.3 is 14.2 Å². The van der Waals surface area contributed by atoms with Gasteiger partial charge in [-0.15, -0.1) is 11.3 Å². The Labute approximate surface area is 318 Å². The van der Waals surface area contributed by atoms with Gasteiger partial charge in [0.2, 0.25) is 0 Å². The molecule has 0 saturated carbocycles. The third kappa shape index (κ3) is 5.79. The van der Waals surface area contributed by atoms with Crippen LogP contribution in [0.3, 0.4) is 0 Å². The molecule has 54 heavy (non-hydrogen) atoms. The number of benzene rings is 8. The summed E-state index contributed by atoms with van der Waals surface area (Å²) in [6.07, 6.45) is 0. The summed E-state index contributed by atoms with van der Waals surface area (Å²) >= 11 is 1.80. The third-order valence-electron chi connectivity index (χ3n) is 10.1. The summed E-state index contributed by atoms with van der Waals surface area (Å²) in [6.45, 7) is 0. The van der Waals surface area contributed by atoms with E-state index in [4.69, 9.17) is 4.42 Å². The fourth-order valence-electron chi connectivity index (χ4n) is 7.43. The molecule has 10 rings (SSSR count). The maximum atomic E-state index is 6.68. The standard InChI is InChI=1S/C50H34N2OS/c1-5-13-39(14-6-1)51(40-15-7-2-8-16-40)43-27-21-35(22-28-43)37-26-32-48-46(33-37)49-50(54-48)45-31-25-38(34-47(45)53-49)36-23-29-44(30-24-36)52(41-17-9-3-10-18-41)42-19-11-4-12-20-42/h1-34H. The molecular formula is C50H34N2OS. The van der Waals surface area contributed by atoms with Crippen LogP contribution in [-0.2, 0) is 0 Å². The molecule has 3 nitrogen and oxygen atoms in total. The smallest absolute Gasteiger partial charge is 0.154 e. The first kappa shape index (κ1) is 31.8. The molecule has 2 heterocycles. The molecule has 0 amide bonds. The molecule has 0 bridgehead atoms. The third-order valence-corrected chi connectivity index (χ3v) is 11.2. The van der Waals surface area contributed by atoms with Gasteiger partial charge in [0.1, 0.15) is 5.58 Å². The van der Waals surface area contributed by atoms with Crippen LogP contribution >= 0.6 is 11.3 Å². The fourth-order valence-corrected chi connectivity index (χ4v) is 8.57. The van der Waals surface area contributed by atoms with Crippen molar-refractivity contribution in [3.8, 4) is 22.3 Å². The number of thiophene rings is 1. The van der Waals surface area contributed by atoms with E-state index in [0.29, 0.717) is 0 Å². The Morgan fingerprint density at radius 1 is 0.333 bits per heavy atom. The average Bonchev–Trinajstić information content (AvgIpc) is 3.79. The van der Waals surface area contributed by atoms with Gasteiger partial charge in [-0.05, 0) is 119 Å². The minimum atomic E-state index is 0.909. The number of furan rings is 1. The van der Waals surface area contributed by atoms with E-state index in [2.05, 4.69) is 216 Å². The van der Waals surface area contributed by atoms with Gasteiger partial charge in [0.25, 0.3) is 0 Å². The van der Waals surface area contributed by atoms with Crippen molar-refractivity contribution in [2.45, 2.75) is 0 Å². The number of nitrogens with zero attached hydrogens (tertiary/aromatic N) is 2. The van der Waals surface area contributed by atoms with Crippen molar-refractivity contribution < 1.29 is 4.42 Å². The molecule has 0 unspecified atom stereocenters. The second kappa shape index (κ2) is 13.6. The monoisotopic (exact) mass is 710 g/mol. The van der Waals surface area contributed by atoms with Gasteiger partial charge >= 0.3 is 0 Å². The van der Waals surface area contributed by atoms with E-state index in [1.54, 1.807) is 11.3 Å². The lowest BCUT2D eigenvalue weighted by Crippen LogP contribution is -2.09. The molecule has 256 valence electrons. The number of hydrogen-bond acceptors (Lipinski definition) is 4. The molecule has 0 N–H and O–H groups in total. The predicted octanol–water partition coefficient (Wildman–Crippen LogP) is 15.1. The zero-order valence-electron chi connectivity index (χ0n) is 29.3. The van der Waals surface area contributed by atoms with Gasteiger partial charge in [-0.25, -0.2) is 0 Å². The highest BCUT2D eigenvalue weighted by atomic mass is 32.1. The minimum absolute atomic E-state index is 0.909. The SMILES string of the molecule is c1ccc(N(c2ccccc2)c2ccc(-c3ccc4c(c3)oc3c5cc(-c6ccc(N(c7ccccc7)c7ccccc7)cc6)ccc5sc43)cc2)cc1. The number of rotatable bonds is 8. The second-order valence-electron chi connectivity index (χ2n) is 13.4. The van der Waals surface area contributed by atoms with Crippen LogP contribution in [0.15, 0.2) is 211 Å². The van der Waals surface area contributed by atoms with Crippen LogP contribution in [0.4, 0.5) is 34.1 Å². The lowest BCUT2D eigenvalue weighted by Gasteiger charge is -2.25. The van der Waals surface area contributed by atoms with Crippen molar-refractivity contribution in [1.82, 2.24) is 0 Å². The van der Waals surface area contributed by atoms with Crippen LogP contribution in [-0.4, -0.2) is 0 Å². The van der Waals surface area contributed by atoms with Gasteiger partial charge in [0.15, 0.2) is 5.58 Å². The Morgan fingerprint density at radius 2 is 0.722 bits per heavy atom. The molecule has 0 aliphatic heterocycles. The van der Waals surface area contributed by atoms with Crippen molar-refractivity contribution >= 4 is 76.8 Å². The number of para-hydroxylation sites is 4. The zero-order valence-corrected chi connectivity index (χ0v) is 30.2. The molecule has 10 aromatic rings. The maximum absolute atomic E-state index is 6.68. The molecule has 0 aliphatic carbocycles. The molecule has 0 atom stereocenters. The minimum Gasteiger partial charge on any atom is -0.454 e. The van der Waals surface area contributed by atoms with E-state index in [1.165, 1.54) is 20.5 Å². The largest absolute Gasteiger partial charge is 0.454 e. The molecule has 0 saturated heterocycles. The summed E-state index contributed by atoms with van der Waals surface area (Å²) < 4.78 is 9.10. The Morgan fingerprint density at radius 3 is 1.19 bits per heavy atom. The number of hydrogen-bond donors (Lipinski definition) is 0. The summed E-state index contributed by atoms with van der Waals surface area (Å²) in [6, 6.07) is 73.0.